The van der Waals surface area contributed by atoms with Crippen molar-refractivity contribution in [3.63, 3.8) is 0 Å². The van der Waals surface area contributed by atoms with E-state index < -0.39 is 0 Å². The molecule has 0 aromatic rings. The first kappa shape index (κ1) is 17.2. The van der Waals surface area contributed by atoms with Crippen molar-refractivity contribution in [1.82, 2.24) is 10.2 Å². The number of ether oxygens (including phenoxy) is 2. The lowest BCUT2D eigenvalue weighted by molar-refractivity contribution is -0.0750. The molecule has 1 atom stereocenters. The molecule has 1 unspecified atom stereocenters. The minimum atomic E-state index is -0.0220. The van der Waals surface area contributed by atoms with E-state index >= 15 is 0 Å². The smallest absolute Gasteiger partial charge is 0.0932 e. The molecule has 0 spiro atoms. The van der Waals surface area contributed by atoms with Crippen molar-refractivity contribution in [1.29, 1.82) is 0 Å². The van der Waals surface area contributed by atoms with Crippen molar-refractivity contribution in [3.8, 4) is 0 Å². The highest BCUT2D eigenvalue weighted by Crippen LogP contribution is 2.32. The Bertz CT molecular complexity index is 311. The van der Waals surface area contributed by atoms with Gasteiger partial charge in [-0.05, 0) is 39.0 Å². The molecule has 5 heteroatoms. The maximum absolute atomic E-state index is 9.30. The Morgan fingerprint density at radius 1 is 1.24 bits per heavy atom. The van der Waals surface area contributed by atoms with Crippen molar-refractivity contribution in [2.45, 2.75) is 45.3 Å². The summed E-state index contributed by atoms with van der Waals surface area (Å²) in [5.74, 6) is 0. The van der Waals surface area contributed by atoms with Crippen LogP contribution in [0.2, 0.25) is 0 Å². The lowest BCUT2D eigenvalue weighted by Crippen LogP contribution is -2.54. The second kappa shape index (κ2) is 7.38. The largest absolute Gasteiger partial charge is 0.394 e. The van der Waals surface area contributed by atoms with E-state index in [1.165, 1.54) is 0 Å². The van der Waals surface area contributed by atoms with Crippen molar-refractivity contribution >= 4 is 0 Å². The summed E-state index contributed by atoms with van der Waals surface area (Å²) in [5.41, 5.74) is 0.423. The van der Waals surface area contributed by atoms with E-state index in [0.29, 0.717) is 0 Å². The third kappa shape index (κ3) is 5.49. The number of nitrogens with one attached hydrogen (secondary N) is 1. The van der Waals surface area contributed by atoms with Crippen LogP contribution < -0.4 is 5.32 Å². The van der Waals surface area contributed by atoms with Crippen molar-refractivity contribution in [2.24, 2.45) is 5.41 Å². The highest BCUT2D eigenvalue weighted by molar-refractivity contribution is 4.90. The normalized spacial score (nSPS) is 27.7. The van der Waals surface area contributed by atoms with Crippen LogP contribution in [0.15, 0.2) is 0 Å². The highest BCUT2D eigenvalue weighted by atomic mass is 16.5. The zero-order valence-corrected chi connectivity index (χ0v) is 13.9. The molecule has 2 fully saturated rings. The Labute approximate surface area is 129 Å². The zero-order chi connectivity index (χ0) is 15.3. The first-order chi connectivity index (χ1) is 9.92. The van der Waals surface area contributed by atoms with Crippen molar-refractivity contribution in [2.75, 3.05) is 52.6 Å². The van der Waals surface area contributed by atoms with E-state index in [4.69, 9.17) is 9.47 Å². The SMILES string of the molecule is CC(C)(C)NCC1(CN2CCOC(CO)C2)CCOCC1. The Morgan fingerprint density at radius 2 is 1.95 bits per heavy atom. The van der Waals surface area contributed by atoms with Crippen LogP contribution in [0.4, 0.5) is 0 Å². The van der Waals surface area contributed by atoms with Gasteiger partial charge in [0, 0.05) is 44.9 Å². The average molecular weight is 300 g/mol. The third-order valence-corrected chi connectivity index (χ3v) is 4.53. The van der Waals surface area contributed by atoms with E-state index in [9.17, 15) is 5.11 Å². The molecule has 21 heavy (non-hydrogen) atoms. The summed E-state index contributed by atoms with van der Waals surface area (Å²) < 4.78 is 11.1. The molecule has 0 amide bonds. The minimum Gasteiger partial charge on any atom is -0.394 e. The van der Waals surface area contributed by atoms with E-state index in [1.54, 1.807) is 0 Å². The molecule has 2 N–H and O–H groups in total. The van der Waals surface area contributed by atoms with Gasteiger partial charge in [0.15, 0.2) is 0 Å². The van der Waals surface area contributed by atoms with Gasteiger partial charge in [-0.25, -0.2) is 0 Å². The molecule has 124 valence electrons. The van der Waals surface area contributed by atoms with E-state index in [-0.39, 0.29) is 23.7 Å². The fourth-order valence-electron chi connectivity index (χ4n) is 3.16. The van der Waals surface area contributed by atoms with Gasteiger partial charge in [0.2, 0.25) is 0 Å². The van der Waals surface area contributed by atoms with Crippen molar-refractivity contribution < 1.29 is 14.6 Å². The lowest BCUT2D eigenvalue weighted by Gasteiger charge is -2.44. The summed E-state index contributed by atoms with van der Waals surface area (Å²) in [7, 11) is 0. The predicted octanol–water partition coefficient (Wildman–Crippen LogP) is 0.864. The van der Waals surface area contributed by atoms with Gasteiger partial charge >= 0.3 is 0 Å². The minimum absolute atomic E-state index is 0.0220. The van der Waals surface area contributed by atoms with Crippen LogP contribution in [0.1, 0.15) is 33.6 Å². The Hall–Kier alpha value is -0.200. The molecule has 2 rings (SSSR count). The van der Waals surface area contributed by atoms with Gasteiger partial charge in [0.1, 0.15) is 0 Å². The standard InChI is InChI=1S/C16H32N2O3/c1-15(2,3)17-12-16(4-7-20-8-5-16)13-18-6-9-21-14(10-18)11-19/h14,17,19H,4-13H2,1-3H3. The number of rotatable bonds is 5. The van der Waals surface area contributed by atoms with Gasteiger partial charge in [-0.2, -0.15) is 0 Å². The van der Waals surface area contributed by atoms with Crippen LogP contribution in [-0.2, 0) is 9.47 Å². The summed E-state index contributed by atoms with van der Waals surface area (Å²) >= 11 is 0. The Morgan fingerprint density at radius 3 is 2.57 bits per heavy atom. The Kier molecular flexibility index (Phi) is 6.03. The molecule has 0 radical (unpaired) electrons. The topological polar surface area (TPSA) is 54.0 Å². The third-order valence-electron chi connectivity index (χ3n) is 4.53. The molecule has 2 aliphatic rings. The Balaban J connectivity index is 1.95. The predicted molar refractivity (Wildman–Crippen MR) is 83.5 cm³/mol. The highest BCUT2D eigenvalue weighted by Gasteiger charge is 2.36. The summed E-state index contributed by atoms with van der Waals surface area (Å²) in [4.78, 5) is 2.46. The molecular formula is C16H32N2O3. The first-order valence-corrected chi connectivity index (χ1v) is 8.20. The monoisotopic (exact) mass is 300 g/mol. The summed E-state index contributed by atoms with van der Waals surface area (Å²) in [5, 5.41) is 13.0. The van der Waals surface area contributed by atoms with Gasteiger partial charge in [0.25, 0.3) is 0 Å². The number of hydrogen-bond donors (Lipinski definition) is 2. The molecule has 0 saturated carbocycles. The summed E-state index contributed by atoms with van der Waals surface area (Å²) in [6.07, 6.45) is 2.19. The van der Waals surface area contributed by atoms with Gasteiger partial charge in [-0.3, -0.25) is 4.90 Å². The van der Waals surface area contributed by atoms with Gasteiger partial charge in [0.05, 0.1) is 19.3 Å². The van der Waals surface area contributed by atoms with Crippen LogP contribution in [0.5, 0.6) is 0 Å². The molecule has 0 aromatic heterocycles. The summed E-state index contributed by atoms with van der Waals surface area (Å²) in [6, 6.07) is 0. The van der Waals surface area contributed by atoms with Crippen LogP contribution >= 0.6 is 0 Å². The molecule has 5 nitrogen and oxygen atoms in total. The van der Waals surface area contributed by atoms with Crippen LogP contribution in [0.3, 0.4) is 0 Å². The molecular weight excluding hydrogens is 268 g/mol. The fraction of sp³-hybridized carbons (Fsp3) is 1.00. The maximum atomic E-state index is 9.30. The van der Waals surface area contributed by atoms with Crippen LogP contribution in [-0.4, -0.2) is 74.3 Å². The van der Waals surface area contributed by atoms with Crippen molar-refractivity contribution in [3.05, 3.63) is 0 Å². The maximum Gasteiger partial charge on any atom is 0.0932 e. The molecule has 0 bridgehead atoms. The van der Waals surface area contributed by atoms with E-state index in [1.807, 2.05) is 0 Å². The molecule has 2 aliphatic heterocycles. The van der Waals surface area contributed by atoms with E-state index in [0.717, 1.165) is 58.8 Å². The average Bonchev–Trinajstić information content (AvgIpc) is 2.46. The second-order valence-corrected chi connectivity index (χ2v) is 7.63. The van der Waals surface area contributed by atoms with Gasteiger partial charge in [-0.1, -0.05) is 0 Å². The molecule has 0 aromatic carbocycles. The second-order valence-electron chi connectivity index (χ2n) is 7.63. The van der Waals surface area contributed by atoms with Gasteiger partial charge in [-0.15, -0.1) is 0 Å². The number of morpholine rings is 1. The number of hydrogen-bond acceptors (Lipinski definition) is 5. The number of aliphatic hydroxyl groups is 1. The first-order valence-electron chi connectivity index (χ1n) is 8.20. The number of nitrogens with zero attached hydrogens (tertiary/aromatic N) is 1. The van der Waals surface area contributed by atoms with Gasteiger partial charge < -0.3 is 19.9 Å². The molecule has 0 aliphatic carbocycles. The lowest BCUT2D eigenvalue weighted by atomic mass is 9.78. The zero-order valence-electron chi connectivity index (χ0n) is 13.9. The fourth-order valence-corrected chi connectivity index (χ4v) is 3.16. The molecule has 2 heterocycles. The molecule has 2 saturated heterocycles. The number of aliphatic hydroxyl groups excluding tert-OH is 1. The quantitative estimate of drug-likeness (QED) is 0.789. The van der Waals surface area contributed by atoms with Crippen LogP contribution in [0, 0.1) is 5.41 Å². The van der Waals surface area contributed by atoms with E-state index in [2.05, 4.69) is 31.0 Å². The summed E-state index contributed by atoms with van der Waals surface area (Å²) in [6.45, 7) is 13.1. The van der Waals surface area contributed by atoms with Crippen LogP contribution in [0.25, 0.3) is 0 Å².